The molecule has 0 spiro atoms. The van der Waals surface area contributed by atoms with Crippen molar-refractivity contribution in [3.8, 4) is 0 Å². The molecule has 1 rings (SSSR count). The molecule has 8 heteroatoms. The summed E-state index contributed by atoms with van der Waals surface area (Å²) in [4.78, 5) is 23.3. The van der Waals surface area contributed by atoms with Gasteiger partial charge in [-0.2, -0.15) is 4.72 Å². The van der Waals surface area contributed by atoms with Gasteiger partial charge in [-0.15, -0.1) is 0 Å². The molecule has 0 aliphatic carbocycles. The number of ether oxygens (including phenoxy) is 1. The lowest BCUT2D eigenvalue weighted by Crippen LogP contribution is -2.41. The van der Waals surface area contributed by atoms with Gasteiger partial charge < -0.3 is 10.1 Å². The van der Waals surface area contributed by atoms with E-state index in [1.165, 1.54) is 19.1 Å². The summed E-state index contributed by atoms with van der Waals surface area (Å²) < 4.78 is 31.1. The average molecular weight is 342 g/mol. The van der Waals surface area contributed by atoms with Crippen molar-refractivity contribution in [2.24, 2.45) is 0 Å². The Balaban J connectivity index is 2.55. The van der Waals surface area contributed by atoms with E-state index in [4.69, 9.17) is 4.74 Å². The third kappa shape index (κ3) is 6.37. The van der Waals surface area contributed by atoms with Gasteiger partial charge in [0.2, 0.25) is 10.0 Å². The molecule has 0 aliphatic heterocycles. The molecule has 2 N–H and O–H groups in total. The smallest absolute Gasteiger partial charge is 0.321 e. The number of carbonyl (C=O) groups is 2. The summed E-state index contributed by atoms with van der Waals surface area (Å²) in [5, 5.41) is 2.60. The Morgan fingerprint density at radius 1 is 1.13 bits per heavy atom. The number of nitrogens with one attached hydrogen (secondary N) is 2. The molecule has 23 heavy (non-hydrogen) atoms. The molecule has 0 bridgehead atoms. The first-order valence-electron chi connectivity index (χ1n) is 7.18. The second kappa shape index (κ2) is 8.07. The van der Waals surface area contributed by atoms with E-state index in [0.29, 0.717) is 0 Å². The molecular formula is C15H22N2O5S. The molecular weight excluding hydrogens is 320 g/mol. The number of benzene rings is 1. The fraction of sp³-hybridized carbons (Fsp3) is 0.467. The van der Waals surface area contributed by atoms with Crippen LogP contribution in [0.1, 0.15) is 26.3 Å². The summed E-state index contributed by atoms with van der Waals surface area (Å²) in [5.41, 5.74) is 0.924. The van der Waals surface area contributed by atoms with E-state index in [2.05, 4.69) is 10.0 Å². The quantitative estimate of drug-likeness (QED) is 0.711. The molecule has 0 fully saturated rings. The van der Waals surface area contributed by atoms with Crippen LogP contribution in [0.15, 0.2) is 29.2 Å². The normalized spacial score (nSPS) is 12.7. The zero-order valence-electron chi connectivity index (χ0n) is 13.6. The largest absolute Gasteiger partial charge is 0.452 e. The van der Waals surface area contributed by atoms with Gasteiger partial charge in [0.1, 0.15) is 6.54 Å². The molecule has 0 saturated carbocycles. The first-order valence-corrected chi connectivity index (χ1v) is 8.66. The highest BCUT2D eigenvalue weighted by Gasteiger charge is 2.20. The van der Waals surface area contributed by atoms with Crippen LogP contribution in [0.4, 0.5) is 0 Å². The van der Waals surface area contributed by atoms with Crippen LogP contribution in [0.25, 0.3) is 0 Å². The van der Waals surface area contributed by atoms with Crippen LogP contribution >= 0.6 is 0 Å². The SMILES string of the molecule is Cc1ccc(S(=O)(=O)NCC(=O)OC(C)C(=O)NC(C)C)cc1. The minimum Gasteiger partial charge on any atom is -0.452 e. The van der Waals surface area contributed by atoms with Crippen LogP contribution < -0.4 is 10.0 Å². The van der Waals surface area contributed by atoms with Crippen LogP contribution in [0.3, 0.4) is 0 Å². The summed E-state index contributed by atoms with van der Waals surface area (Å²) in [5.74, 6) is -1.26. The summed E-state index contributed by atoms with van der Waals surface area (Å²) >= 11 is 0. The van der Waals surface area contributed by atoms with Crippen molar-refractivity contribution >= 4 is 21.9 Å². The zero-order valence-corrected chi connectivity index (χ0v) is 14.4. The van der Waals surface area contributed by atoms with Crippen LogP contribution in [0, 0.1) is 6.92 Å². The predicted octanol–water partition coefficient (Wildman–Crippen LogP) is 0.730. The summed E-state index contributed by atoms with van der Waals surface area (Å²) in [6.45, 7) is 6.27. The standard InChI is InChI=1S/C15H22N2O5S/c1-10(2)17-15(19)12(4)22-14(18)9-16-23(20,21)13-7-5-11(3)6-8-13/h5-8,10,12,16H,9H2,1-4H3,(H,17,19). The Hall–Kier alpha value is -1.93. The molecule has 1 aromatic carbocycles. The Morgan fingerprint density at radius 2 is 1.70 bits per heavy atom. The molecule has 1 atom stereocenters. The van der Waals surface area contributed by atoms with Crippen molar-refractivity contribution in [1.29, 1.82) is 0 Å². The Bertz CT molecular complexity index is 653. The molecule has 0 aromatic heterocycles. The topological polar surface area (TPSA) is 102 Å². The molecule has 128 valence electrons. The Labute approximate surface area is 136 Å². The molecule has 1 aromatic rings. The van der Waals surface area contributed by atoms with Gasteiger partial charge in [-0.05, 0) is 39.8 Å². The number of hydrogen-bond acceptors (Lipinski definition) is 5. The van der Waals surface area contributed by atoms with Crippen LogP contribution in [0.5, 0.6) is 0 Å². The lowest BCUT2D eigenvalue weighted by atomic mass is 10.2. The highest BCUT2D eigenvalue weighted by Crippen LogP contribution is 2.09. The fourth-order valence-electron chi connectivity index (χ4n) is 1.65. The molecule has 0 aliphatic rings. The van der Waals surface area contributed by atoms with E-state index < -0.39 is 34.5 Å². The molecule has 1 amide bonds. The number of esters is 1. The second-order valence-electron chi connectivity index (χ2n) is 5.43. The van der Waals surface area contributed by atoms with E-state index in [0.717, 1.165) is 5.56 Å². The molecule has 0 radical (unpaired) electrons. The van der Waals surface area contributed by atoms with Crippen molar-refractivity contribution in [3.05, 3.63) is 29.8 Å². The first kappa shape index (κ1) is 19.1. The number of sulfonamides is 1. The highest BCUT2D eigenvalue weighted by molar-refractivity contribution is 7.89. The van der Waals surface area contributed by atoms with Crippen molar-refractivity contribution < 1.29 is 22.7 Å². The lowest BCUT2D eigenvalue weighted by molar-refractivity contribution is -0.153. The van der Waals surface area contributed by atoms with Crippen molar-refractivity contribution in [1.82, 2.24) is 10.0 Å². The van der Waals surface area contributed by atoms with Crippen LogP contribution in [-0.2, 0) is 24.3 Å². The van der Waals surface area contributed by atoms with E-state index in [9.17, 15) is 18.0 Å². The third-order valence-electron chi connectivity index (χ3n) is 2.85. The number of hydrogen-bond donors (Lipinski definition) is 2. The summed E-state index contributed by atoms with van der Waals surface area (Å²) in [7, 11) is -3.80. The minimum absolute atomic E-state index is 0.0569. The number of aryl methyl sites for hydroxylation is 1. The van der Waals surface area contributed by atoms with E-state index >= 15 is 0 Å². The van der Waals surface area contributed by atoms with Gasteiger partial charge in [0, 0.05) is 6.04 Å². The first-order chi connectivity index (χ1) is 10.6. The van der Waals surface area contributed by atoms with Gasteiger partial charge >= 0.3 is 5.97 Å². The van der Waals surface area contributed by atoms with Gasteiger partial charge in [-0.3, -0.25) is 9.59 Å². The third-order valence-corrected chi connectivity index (χ3v) is 4.26. The van der Waals surface area contributed by atoms with E-state index in [1.807, 2.05) is 6.92 Å². The van der Waals surface area contributed by atoms with Crippen LogP contribution in [-0.4, -0.2) is 39.0 Å². The Kier molecular flexibility index (Phi) is 6.71. The maximum atomic E-state index is 12.0. The maximum Gasteiger partial charge on any atom is 0.321 e. The minimum atomic E-state index is -3.80. The van der Waals surface area contributed by atoms with Gasteiger partial charge in [-0.25, -0.2) is 8.42 Å². The van der Waals surface area contributed by atoms with Gasteiger partial charge in [0.15, 0.2) is 6.10 Å². The predicted molar refractivity (Wildman–Crippen MR) is 85.2 cm³/mol. The number of amides is 1. The second-order valence-corrected chi connectivity index (χ2v) is 7.20. The molecule has 0 saturated heterocycles. The fourth-order valence-corrected chi connectivity index (χ4v) is 2.62. The van der Waals surface area contributed by atoms with Crippen LogP contribution in [0.2, 0.25) is 0 Å². The van der Waals surface area contributed by atoms with Crippen molar-refractivity contribution in [2.45, 2.75) is 44.7 Å². The van der Waals surface area contributed by atoms with Gasteiger partial charge in [-0.1, -0.05) is 17.7 Å². The summed E-state index contributed by atoms with van der Waals surface area (Å²) in [6, 6.07) is 6.13. The number of rotatable bonds is 7. The van der Waals surface area contributed by atoms with Gasteiger partial charge in [0.05, 0.1) is 4.90 Å². The molecule has 7 nitrogen and oxygen atoms in total. The molecule has 0 heterocycles. The summed E-state index contributed by atoms with van der Waals surface area (Å²) in [6.07, 6.45) is -0.992. The Morgan fingerprint density at radius 3 is 2.22 bits per heavy atom. The molecule has 1 unspecified atom stereocenters. The van der Waals surface area contributed by atoms with E-state index in [-0.39, 0.29) is 10.9 Å². The van der Waals surface area contributed by atoms with E-state index in [1.54, 1.807) is 26.0 Å². The van der Waals surface area contributed by atoms with Crippen molar-refractivity contribution in [3.63, 3.8) is 0 Å². The van der Waals surface area contributed by atoms with Crippen molar-refractivity contribution in [2.75, 3.05) is 6.54 Å². The number of carbonyl (C=O) groups excluding carboxylic acids is 2. The maximum absolute atomic E-state index is 12.0. The van der Waals surface area contributed by atoms with Gasteiger partial charge in [0.25, 0.3) is 5.91 Å². The average Bonchev–Trinajstić information content (AvgIpc) is 2.45. The lowest BCUT2D eigenvalue weighted by Gasteiger charge is -2.15. The highest BCUT2D eigenvalue weighted by atomic mass is 32.2. The monoisotopic (exact) mass is 342 g/mol. The zero-order chi connectivity index (χ0) is 17.6.